The molecular weight excluding hydrogens is 263 g/mol. The molecule has 1 unspecified atom stereocenters. The zero-order chi connectivity index (χ0) is 15.3. The molecule has 0 aromatic rings. The van der Waals surface area contributed by atoms with Crippen LogP contribution in [0.4, 0.5) is 13.2 Å². The van der Waals surface area contributed by atoms with E-state index in [2.05, 4.69) is 5.32 Å². The lowest BCUT2D eigenvalue weighted by molar-refractivity contribution is -0.156. The third-order valence-corrected chi connectivity index (χ3v) is 1.92. The van der Waals surface area contributed by atoms with Crippen LogP contribution in [-0.2, 0) is 14.3 Å². The largest absolute Gasteiger partial charge is 0.460 e. The highest BCUT2D eigenvalue weighted by Gasteiger charge is 2.30. The van der Waals surface area contributed by atoms with Crippen LogP contribution >= 0.6 is 0 Å². The van der Waals surface area contributed by atoms with Gasteiger partial charge < -0.3 is 10.1 Å². The number of rotatable bonds is 5. The zero-order valence-electron chi connectivity index (χ0n) is 11.6. The number of carbonyl (C=O) groups is 2. The van der Waals surface area contributed by atoms with Crippen molar-refractivity contribution in [2.24, 2.45) is 0 Å². The summed E-state index contributed by atoms with van der Waals surface area (Å²) in [7, 11) is 0. The first-order valence-electron chi connectivity index (χ1n) is 5.97. The highest BCUT2D eigenvalue weighted by atomic mass is 19.4. The zero-order valence-corrected chi connectivity index (χ0v) is 11.6. The second-order valence-corrected chi connectivity index (χ2v) is 5.37. The van der Waals surface area contributed by atoms with Gasteiger partial charge in [-0.15, -0.1) is 0 Å². The summed E-state index contributed by atoms with van der Waals surface area (Å²) in [5, 5.41) is 2.19. The molecule has 7 heteroatoms. The maximum Gasteiger partial charge on any atom is 0.391 e. The molecule has 0 saturated carbocycles. The molecule has 0 aliphatic carbocycles. The minimum Gasteiger partial charge on any atom is -0.460 e. The number of amides is 1. The van der Waals surface area contributed by atoms with Crippen molar-refractivity contribution < 1.29 is 27.5 Å². The van der Waals surface area contributed by atoms with E-state index in [9.17, 15) is 22.8 Å². The summed E-state index contributed by atoms with van der Waals surface area (Å²) in [5.41, 5.74) is -0.642. The van der Waals surface area contributed by atoms with Gasteiger partial charge in [-0.2, -0.15) is 13.2 Å². The summed E-state index contributed by atoms with van der Waals surface area (Å²) in [6, 6.07) is -1.01. The van der Waals surface area contributed by atoms with Crippen LogP contribution in [0.15, 0.2) is 0 Å². The van der Waals surface area contributed by atoms with Crippen molar-refractivity contribution in [2.75, 3.05) is 0 Å². The van der Waals surface area contributed by atoms with E-state index in [4.69, 9.17) is 4.74 Å². The Morgan fingerprint density at radius 2 is 1.68 bits per heavy atom. The number of hydrogen-bond donors (Lipinski definition) is 1. The molecule has 0 radical (unpaired) electrons. The molecule has 112 valence electrons. The first kappa shape index (κ1) is 17.7. The molecule has 0 rings (SSSR count). The number of ether oxygens (including phenoxy) is 1. The number of nitrogens with one attached hydrogen (secondary N) is 1. The molecule has 1 amide bonds. The van der Waals surface area contributed by atoms with Gasteiger partial charge in [0, 0.05) is 12.5 Å². The highest BCUT2D eigenvalue weighted by Crippen LogP contribution is 2.21. The fourth-order valence-electron chi connectivity index (χ4n) is 1.35. The van der Waals surface area contributed by atoms with Crippen LogP contribution < -0.4 is 5.32 Å². The number of halogens is 3. The van der Waals surface area contributed by atoms with Crippen LogP contribution in [0.25, 0.3) is 0 Å². The van der Waals surface area contributed by atoms with E-state index in [0.717, 1.165) is 0 Å². The van der Waals surface area contributed by atoms with Crippen molar-refractivity contribution in [3.05, 3.63) is 0 Å². The molecular formula is C12H20F3NO3. The molecule has 0 bridgehead atoms. The lowest BCUT2D eigenvalue weighted by Crippen LogP contribution is -2.36. The van der Waals surface area contributed by atoms with Crippen LogP contribution in [0.3, 0.4) is 0 Å². The number of carbonyl (C=O) groups excluding carboxylic acids is 2. The Kier molecular flexibility index (Phi) is 6.32. The van der Waals surface area contributed by atoms with Crippen molar-refractivity contribution in [3.8, 4) is 0 Å². The predicted molar refractivity (Wildman–Crippen MR) is 63.4 cm³/mol. The van der Waals surface area contributed by atoms with Crippen LogP contribution in [0.5, 0.6) is 0 Å². The van der Waals surface area contributed by atoms with Crippen molar-refractivity contribution in [1.29, 1.82) is 0 Å². The van der Waals surface area contributed by atoms with Crippen LogP contribution in [-0.4, -0.2) is 29.7 Å². The van der Waals surface area contributed by atoms with Crippen LogP contribution in [0.2, 0.25) is 0 Å². The SMILES string of the molecule is CC(CC(F)(F)F)NC(=O)CCC(=O)OC(C)(C)C. The first-order chi connectivity index (χ1) is 8.39. The van der Waals surface area contributed by atoms with Gasteiger partial charge in [0.05, 0.1) is 12.8 Å². The average molecular weight is 283 g/mol. The van der Waals surface area contributed by atoms with Gasteiger partial charge in [0.25, 0.3) is 0 Å². The van der Waals surface area contributed by atoms with E-state index in [1.54, 1.807) is 20.8 Å². The number of hydrogen-bond acceptors (Lipinski definition) is 3. The topological polar surface area (TPSA) is 55.4 Å². The smallest absolute Gasteiger partial charge is 0.391 e. The van der Waals surface area contributed by atoms with Crippen molar-refractivity contribution in [1.82, 2.24) is 5.32 Å². The van der Waals surface area contributed by atoms with Gasteiger partial charge >= 0.3 is 12.1 Å². The van der Waals surface area contributed by atoms with Crippen LogP contribution in [0.1, 0.15) is 47.0 Å². The lowest BCUT2D eigenvalue weighted by Gasteiger charge is -2.19. The Bertz CT molecular complexity index is 321. The highest BCUT2D eigenvalue weighted by molar-refractivity contribution is 5.81. The fourth-order valence-corrected chi connectivity index (χ4v) is 1.35. The van der Waals surface area contributed by atoms with E-state index in [-0.39, 0.29) is 12.8 Å². The van der Waals surface area contributed by atoms with E-state index < -0.39 is 36.1 Å². The molecule has 19 heavy (non-hydrogen) atoms. The predicted octanol–water partition coefficient (Wildman–Crippen LogP) is 2.57. The van der Waals surface area contributed by atoms with Gasteiger partial charge in [0.2, 0.25) is 5.91 Å². The van der Waals surface area contributed by atoms with Gasteiger partial charge in [-0.25, -0.2) is 0 Å². The summed E-state index contributed by atoms with van der Waals surface area (Å²) in [6.45, 7) is 6.34. The summed E-state index contributed by atoms with van der Waals surface area (Å²) >= 11 is 0. The summed E-state index contributed by atoms with van der Waals surface area (Å²) in [5.74, 6) is -1.14. The molecule has 0 heterocycles. The lowest BCUT2D eigenvalue weighted by atomic mass is 10.2. The summed E-state index contributed by atoms with van der Waals surface area (Å²) in [6.07, 6.45) is -5.75. The van der Waals surface area contributed by atoms with Gasteiger partial charge in [-0.05, 0) is 27.7 Å². The molecule has 0 aromatic carbocycles. The quantitative estimate of drug-likeness (QED) is 0.789. The van der Waals surface area contributed by atoms with Gasteiger partial charge in [-0.3, -0.25) is 9.59 Å². The Hall–Kier alpha value is -1.27. The number of esters is 1. The van der Waals surface area contributed by atoms with E-state index >= 15 is 0 Å². The van der Waals surface area contributed by atoms with Gasteiger partial charge in [-0.1, -0.05) is 0 Å². The number of alkyl halides is 3. The molecule has 0 aliphatic heterocycles. The van der Waals surface area contributed by atoms with Crippen molar-refractivity contribution in [3.63, 3.8) is 0 Å². The van der Waals surface area contributed by atoms with Gasteiger partial charge in [0.1, 0.15) is 5.60 Å². The monoisotopic (exact) mass is 283 g/mol. The molecule has 0 aromatic heterocycles. The maximum atomic E-state index is 12.0. The molecule has 0 fully saturated rings. The van der Waals surface area contributed by atoms with Crippen molar-refractivity contribution >= 4 is 11.9 Å². The second kappa shape index (κ2) is 6.77. The second-order valence-electron chi connectivity index (χ2n) is 5.37. The Morgan fingerprint density at radius 3 is 2.11 bits per heavy atom. The van der Waals surface area contributed by atoms with E-state index in [1.807, 2.05) is 0 Å². The Labute approximate surface area is 110 Å². The third-order valence-electron chi connectivity index (χ3n) is 1.92. The summed E-state index contributed by atoms with van der Waals surface area (Å²) in [4.78, 5) is 22.6. The van der Waals surface area contributed by atoms with Crippen LogP contribution in [0, 0.1) is 0 Å². The molecule has 4 nitrogen and oxygen atoms in total. The van der Waals surface area contributed by atoms with Gasteiger partial charge in [0.15, 0.2) is 0 Å². The van der Waals surface area contributed by atoms with Crippen molar-refractivity contribution in [2.45, 2.75) is 64.8 Å². The normalized spacial score (nSPS) is 13.8. The minimum absolute atomic E-state index is 0.151. The first-order valence-corrected chi connectivity index (χ1v) is 5.97. The third kappa shape index (κ3) is 11.5. The average Bonchev–Trinajstić information content (AvgIpc) is 2.08. The molecule has 0 aliphatic rings. The van der Waals surface area contributed by atoms with E-state index in [1.165, 1.54) is 6.92 Å². The molecule has 0 saturated heterocycles. The fraction of sp³-hybridized carbons (Fsp3) is 0.833. The van der Waals surface area contributed by atoms with E-state index in [0.29, 0.717) is 0 Å². The molecule has 1 atom stereocenters. The minimum atomic E-state index is -4.32. The standard InChI is InChI=1S/C12H20F3NO3/c1-8(7-12(13,14)15)16-9(17)5-6-10(18)19-11(2,3)4/h8H,5-7H2,1-4H3,(H,16,17). The Morgan fingerprint density at radius 1 is 1.16 bits per heavy atom. The Balaban J connectivity index is 3.97. The summed E-state index contributed by atoms with van der Waals surface area (Å²) < 4.78 is 41.1. The molecule has 0 spiro atoms. The maximum absolute atomic E-state index is 12.0. The molecule has 1 N–H and O–H groups in total.